The fraction of sp³-hybridized carbons (Fsp3) is 0.667. The van der Waals surface area contributed by atoms with Crippen molar-refractivity contribution in [2.45, 2.75) is 57.9 Å². The Kier molecular flexibility index (Phi) is 4.26. The molecule has 0 aliphatic heterocycles. The van der Waals surface area contributed by atoms with Gasteiger partial charge in [-0.15, -0.1) is 0 Å². The summed E-state index contributed by atoms with van der Waals surface area (Å²) in [4.78, 5) is 22.3. The summed E-state index contributed by atoms with van der Waals surface area (Å²) >= 11 is 0. The number of carbonyl (C=O) groups is 1. The van der Waals surface area contributed by atoms with Crippen molar-refractivity contribution in [3.05, 3.63) is 17.6 Å². The van der Waals surface area contributed by atoms with E-state index in [2.05, 4.69) is 14.9 Å². The fourth-order valence-corrected chi connectivity index (χ4v) is 3.19. The van der Waals surface area contributed by atoms with Crippen molar-refractivity contribution in [1.29, 1.82) is 0 Å². The van der Waals surface area contributed by atoms with Gasteiger partial charge in [0.05, 0.1) is 23.3 Å². The molecule has 1 saturated carbocycles. The molecule has 5 heteroatoms. The molecule has 20 heavy (non-hydrogen) atoms. The smallest absolute Gasteiger partial charge is 0.305 e. The molecule has 0 atom stereocenters. The number of hydrogen-bond donors (Lipinski definition) is 1. The fourth-order valence-electron chi connectivity index (χ4n) is 3.19. The second kappa shape index (κ2) is 5.77. The van der Waals surface area contributed by atoms with E-state index >= 15 is 0 Å². The van der Waals surface area contributed by atoms with Crippen LogP contribution in [0.15, 0.2) is 6.20 Å². The first-order valence-electron chi connectivity index (χ1n) is 7.20. The third kappa shape index (κ3) is 2.92. The largest absolute Gasteiger partial charge is 0.481 e. The number of carboxylic acids is 1. The number of anilines is 1. The summed E-state index contributed by atoms with van der Waals surface area (Å²) in [5.41, 5.74) is 1.39. The van der Waals surface area contributed by atoms with Gasteiger partial charge in [0.15, 0.2) is 5.82 Å². The second-order valence-corrected chi connectivity index (χ2v) is 5.83. The van der Waals surface area contributed by atoms with Crippen LogP contribution in [0.4, 0.5) is 5.82 Å². The quantitative estimate of drug-likeness (QED) is 0.916. The van der Waals surface area contributed by atoms with E-state index in [0.29, 0.717) is 0 Å². The number of rotatable bonds is 4. The van der Waals surface area contributed by atoms with E-state index in [4.69, 9.17) is 0 Å². The van der Waals surface area contributed by atoms with E-state index in [9.17, 15) is 9.90 Å². The van der Waals surface area contributed by atoms with Crippen molar-refractivity contribution in [3.63, 3.8) is 0 Å². The molecule has 0 radical (unpaired) electrons. The molecule has 0 bridgehead atoms. The Morgan fingerprint density at radius 2 is 2.00 bits per heavy atom. The SMILES string of the molecule is Cc1cnc(C)c(N(C)C2(CC(=O)O)CCCCC2)n1. The average Bonchev–Trinajstić information content (AvgIpc) is 2.41. The molecule has 1 N–H and O–H groups in total. The van der Waals surface area contributed by atoms with E-state index in [1.807, 2.05) is 20.9 Å². The van der Waals surface area contributed by atoms with E-state index in [-0.39, 0.29) is 12.0 Å². The molecule has 0 amide bonds. The lowest BCUT2D eigenvalue weighted by atomic mass is 9.78. The van der Waals surface area contributed by atoms with Crippen LogP contribution < -0.4 is 4.90 Å². The van der Waals surface area contributed by atoms with Crippen molar-refractivity contribution in [2.24, 2.45) is 0 Å². The molecule has 1 fully saturated rings. The monoisotopic (exact) mass is 277 g/mol. The first-order chi connectivity index (χ1) is 9.44. The molecule has 0 aromatic carbocycles. The Labute approximate surface area is 120 Å². The third-order valence-corrected chi connectivity index (χ3v) is 4.34. The Morgan fingerprint density at radius 3 is 2.60 bits per heavy atom. The van der Waals surface area contributed by atoms with Gasteiger partial charge >= 0.3 is 5.97 Å². The maximum absolute atomic E-state index is 11.3. The van der Waals surface area contributed by atoms with Crippen molar-refractivity contribution in [1.82, 2.24) is 9.97 Å². The van der Waals surface area contributed by atoms with Gasteiger partial charge in [0.2, 0.25) is 0 Å². The first-order valence-corrected chi connectivity index (χ1v) is 7.20. The lowest BCUT2D eigenvalue weighted by Crippen LogP contribution is -2.50. The van der Waals surface area contributed by atoms with E-state index < -0.39 is 5.97 Å². The number of nitrogens with zero attached hydrogens (tertiary/aromatic N) is 3. The predicted octanol–water partition coefficient (Wildman–Crippen LogP) is 2.71. The maximum Gasteiger partial charge on any atom is 0.305 e. The molecule has 0 saturated heterocycles. The van der Waals surface area contributed by atoms with Crippen LogP contribution in [0.3, 0.4) is 0 Å². The summed E-state index contributed by atoms with van der Waals surface area (Å²) in [5, 5.41) is 9.29. The number of aromatic nitrogens is 2. The molecular formula is C15H23N3O2. The summed E-state index contributed by atoms with van der Waals surface area (Å²) in [7, 11) is 1.96. The number of aliphatic carboxylic acids is 1. The van der Waals surface area contributed by atoms with Crippen LogP contribution in [0.5, 0.6) is 0 Å². The van der Waals surface area contributed by atoms with Gasteiger partial charge in [0.1, 0.15) is 0 Å². The van der Waals surface area contributed by atoms with Crippen LogP contribution in [0.1, 0.15) is 49.9 Å². The first kappa shape index (κ1) is 14.8. The van der Waals surface area contributed by atoms with Gasteiger partial charge in [-0.2, -0.15) is 0 Å². The van der Waals surface area contributed by atoms with E-state index in [0.717, 1.165) is 42.9 Å². The molecule has 5 nitrogen and oxygen atoms in total. The van der Waals surface area contributed by atoms with Gasteiger partial charge < -0.3 is 10.0 Å². The molecule has 0 unspecified atom stereocenters. The van der Waals surface area contributed by atoms with Gasteiger partial charge in [0, 0.05) is 13.2 Å². The van der Waals surface area contributed by atoms with Gasteiger partial charge in [-0.05, 0) is 26.7 Å². The zero-order chi connectivity index (χ0) is 14.8. The van der Waals surface area contributed by atoms with Crippen molar-refractivity contribution < 1.29 is 9.90 Å². The third-order valence-electron chi connectivity index (χ3n) is 4.34. The minimum Gasteiger partial charge on any atom is -0.481 e. The van der Waals surface area contributed by atoms with Crippen LogP contribution >= 0.6 is 0 Å². The predicted molar refractivity (Wildman–Crippen MR) is 78.0 cm³/mol. The highest BCUT2D eigenvalue weighted by atomic mass is 16.4. The van der Waals surface area contributed by atoms with E-state index in [1.165, 1.54) is 6.42 Å². The second-order valence-electron chi connectivity index (χ2n) is 5.83. The number of aryl methyl sites for hydroxylation is 2. The Balaban J connectivity index is 2.37. The minimum absolute atomic E-state index is 0.165. The molecule has 1 aliphatic carbocycles. The Morgan fingerprint density at radius 1 is 1.35 bits per heavy atom. The van der Waals surface area contributed by atoms with Crippen LogP contribution in [0.25, 0.3) is 0 Å². The lowest BCUT2D eigenvalue weighted by Gasteiger charge is -2.44. The number of hydrogen-bond acceptors (Lipinski definition) is 4. The molecule has 1 aromatic rings. The molecule has 110 valence electrons. The normalized spacial score (nSPS) is 17.8. The van der Waals surface area contributed by atoms with Crippen molar-refractivity contribution >= 4 is 11.8 Å². The lowest BCUT2D eigenvalue weighted by molar-refractivity contribution is -0.138. The van der Waals surface area contributed by atoms with Gasteiger partial charge in [-0.25, -0.2) is 4.98 Å². The van der Waals surface area contributed by atoms with Crippen LogP contribution in [-0.2, 0) is 4.79 Å². The highest BCUT2D eigenvalue weighted by Crippen LogP contribution is 2.38. The topological polar surface area (TPSA) is 66.3 Å². The molecular weight excluding hydrogens is 254 g/mol. The number of carboxylic acid groups (broad SMARTS) is 1. The van der Waals surface area contributed by atoms with Crippen LogP contribution in [0, 0.1) is 13.8 Å². The standard InChI is InChI=1S/C15H23N3O2/c1-11-10-16-12(2)14(17-11)18(3)15(9-13(19)20)7-5-4-6-8-15/h10H,4-9H2,1-3H3,(H,19,20). The zero-order valence-electron chi connectivity index (χ0n) is 12.5. The summed E-state index contributed by atoms with van der Waals surface area (Å²) < 4.78 is 0. The highest BCUT2D eigenvalue weighted by Gasteiger charge is 2.39. The van der Waals surface area contributed by atoms with Crippen molar-refractivity contribution in [2.75, 3.05) is 11.9 Å². The van der Waals surface area contributed by atoms with Gasteiger partial charge in [-0.3, -0.25) is 9.78 Å². The van der Waals surface area contributed by atoms with Crippen LogP contribution in [0.2, 0.25) is 0 Å². The maximum atomic E-state index is 11.3. The molecule has 1 heterocycles. The Bertz CT molecular complexity index is 496. The summed E-state index contributed by atoms with van der Waals surface area (Å²) in [5.74, 6) is 0.0742. The molecule has 2 rings (SSSR count). The summed E-state index contributed by atoms with van der Waals surface area (Å²) in [6.45, 7) is 3.84. The average molecular weight is 277 g/mol. The minimum atomic E-state index is -0.739. The van der Waals surface area contributed by atoms with Gasteiger partial charge in [-0.1, -0.05) is 19.3 Å². The molecule has 1 aliphatic rings. The molecule has 1 aromatic heterocycles. The van der Waals surface area contributed by atoms with E-state index in [1.54, 1.807) is 6.20 Å². The molecule has 0 spiro atoms. The van der Waals surface area contributed by atoms with Gasteiger partial charge in [0.25, 0.3) is 0 Å². The highest BCUT2D eigenvalue weighted by molar-refractivity contribution is 5.69. The summed E-state index contributed by atoms with van der Waals surface area (Å²) in [6.07, 6.45) is 7.07. The van der Waals surface area contributed by atoms with Crippen LogP contribution in [-0.4, -0.2) is 33.6 Å². The summed E-state index contributed by atoms with van der Waals surface area (Å²) in [6, 6.07) is 0. The van der Waals surface area contributed by atoms with Crippen molar-refractivity contribution in [3.8, 4) is 0 Å². The Hall–Kier alpha value is -1.65. The zero-order valence-corrected chi connectivity index (χ0v) is 12.5.